The van der Waals surface area contributed by atoms with E-state index in [-0.39, 0.29) is 4.47 Å². The Morgan fingerprint density at radius 3 is 2.38 bits per heavy atom. The standard InChI is InChI=1S/C7H2BrClF3NO3/c8-4-1-3(13(14)15)2-5(9)6(4)16-7(10,11)12/h1-2H. The fourth-order valence-electron chi connectivity index (χ4n) is 0.865. The Kier molecular flexibility index (Phi) is 3.64. The van der Waals surface area contributed by atoms with Gasteiger partial charge in [0.15, 0.2) is 5.75 Å². The van der Waals surface area contributed by atoms with Crippen molar-refractivity contribution in [1.29, 1.82) is 0 Å². The highest BCUT2D eigenvalue weighted by Crippen LogP contribution is 2.39. The fourth-order valence-corrected chi connectivity index (χ4v) is 1.76. The summed E-state index contributed by atoms with van der Waals surface area (Å²) in [5.74, 6) is -0.709. The Labute approximate surface area is 100 Å². The highest BCUT2D eigenvalue weighted by atomic mass is 79.9. The van der Waals surface area contributed by atoms with Crippen molar-refractivity contribution in [3.63, 3.8) is 0 Å². The number of halogens is 5. The molecule has 0 bridgehead atoms. The second-order valence-electron chi connectivity index (χ2n) is 2.54. The van der Waals surface area contributed by atoms with Crippen molar-refractivity contribution >= 4 is 33.2 Å². The summed E-state index contributed by atoms with van der Waals surface area (Å²) in [5.41, 5.74) is -0.439. The maximum Gasteiger partial charge on any atom is 0.573 e. The highest BCUT2D eigenvalue weighted by Gasteiger charge is 2.33. The number of nitro benzene ring substituents is 1. The molecule has 0 amide bonds. The van der Waals surface area contributed by atoms with Crippen molar-refractivity contribution in [3.8, 4) is 5.75 Å². The molecule has 0 spiro atoms. The lowest BCUT2D eigenvalue weighted by atomic mass is 10.3. The van der Waals surface area contributed by atoms with Crippen LogP contribution in [-0.4, -0.2) is 11.3 Å². The Balaban J connectivity index is 3.18. The van der Waals surface area contributed by atoms with Crippen molar-refractivity contribution in [3.05, 3.63) is 31.7 Å². The predicted octanol–water partition coefficient (Wildman–Crippen LogP) is 3.91. The average molecular weight is 320 g/mol. The van der Waals surface area contributed by atoms with Crippen molar-refractivity contribution < 1.29 is 22.8 Å². The highest BCUT2D eigenvalue weighted by molar-refractivity contribution is 9.10. The van der Waals surface area contributed by atoms with Crippen molar-refractivity contribution in [2.45, 2.75) is 6.36 Å². The molecule has 0 saturated heterocycles. The second-order valence-corrected chi connectivity index (χ2v) is 3.80. The van der Waals surface area contributed by atoms with Gasteiger partial charge in [0.25, 0.3) is 5.69 Å². The van der Waals surface area contributed by atoms with Crippen LogP contribution >= 0.6 is 27.5 Å². The van der Waals surface area contributed by atoms with Crippen LogP contribution in [0.2, 0.25) is 5.02 Å². The molecule has 1 aromatic carbocycles. The van der Waals surface area contributed by atoms with Gasteiger partial charge in [0.05, 0.1) is 14.4 Å². The Bertz CT molecular complexity index is 414. The predicted molar refractivity (Wildman–Crippen MR) is 52.5 cm³/mol. The van der Waals surface area contributed by atoms with Crippen LogP contribution in [0.5, 0.6) is 5.75 Å². The van der Waals surface area contributed by atoms with Crippen LogP contribution in [0.3, 0.4) is 0 Å². The molecule has 0 aliphatic carbocycles. The van der Waals surface area contributed by atoms with Crippen molar-refractivity contribution in [2.24, 2.45) is 0 Å². The molecule has 16 heavy (non-hydrogen) atoms. The van der Waals surface area contributed by atoms with Crippen LogP contribution in [0.4, 0.5) is 18.9 Å². The second kappa shape index (κ2) is 4.46. The van der Waals surface area contributed by atoms with Gasteiger partial charge in [-0.1, -0.05) is 11.6 Å². The molecule has 88 valence electrons. The smallest absolute Gasteiger partial charge is 0.403 e. The summed E-state index contributed by atoms with van der Waals surface area (Å²) in [6, 6.07) is 1.64. The number of non-ortho nitro benzene ring substituents is 1. The Hall–Kier alpha value is -1.02. The van der Waals surface area contributed by atoms with Crippen LogP contribution in [0.25, 0.3) is 0 Å². The molecule has 0 heterocycles. The number of rotatable bonds is 2. The third-order valence-electron chi connectivity index (χ3n) is 1.41. The lowest BCUT2D eigenvalue weighted by Gasteiger charge is -2.11. The molecule has 0 radical (unpaired) electrons. The van der Waals surface area contributed by atoms with E-state index in [0.29, 0.717) is 0 Å². The molecular formula is C7H2BrClF3NO3. The summed E-state index contributed by atoms with van der Waals surface area (Å²) in [5, 5.41) is 9.86. The summed E-state index contributed by atoms with van der Waals surface area (Å²) in [7, 11) is 0. The first-order valence-corrected chi connectivity index (χ1v) is 4.77. The first kappa shape index (κ1) is 13.0. The normalized spacial score (nSPS) is 11.3. The molecule has 1 aromatic rings. The summed E-state index contributed by atoms with van der Waals surface area (Å²) in [6.07, 6.45) is -4.91. The molecule has 0 aliphatic rings. The van der Waals surface area contributed by atoms with Crippen LogP contribution < -0.4 is 4.74 Å². The molecule has 0 unspecified atom stereocenters. The van der Waals surface area contributed by atoms with Crippen molar-refractivity contribution in [2.75, 3.05) is 0 Å². The monoisotopic (exact) mass is 319 g/mol. The number of ether oxygens (including phenoxy) is 1. The first-order valence-electron chi connectivity index (χ1n) is 3.60. The zero-order valence-corrected chi connectivity index (χ0v) is 9.56. The van der Waals surface area contributed by atoms with E-state index in [1.807, 2.05) is 0 Å². The topological polar surface area (TPSA) is 52.4 Å². The van der Waals surface area contributed by atoms with Gasteiger partial charge in [0.2, 0.25) is 0 Å². The van der Waals surface area contributed by atoms with Gasteiger partial charge in [0, 0.05) is 12.1 Å². The lowest BCUT2D eigenvalue weighted by Crippen LogP contribution is -2.17. The summed E-state index contributed by atoms with van der Waals surface area (Å²) in [4.78, 5) is 9.58. The third-order valence-corrected chi connectivity index (χ3v) is 2.28. The lowest BCUT2D eigenvalue weighted by molar-refractivity contribution is -0.385. The number of hydrogen-bond acceptors (Lipinski definition) is 3. The van der Waals surface area contributed by atoms with Gasteiger partial charge in [-0.25, -0.2) is 0 Å². The van der Waals surface area contributed by atoms with Crippen LogP contribution in [0.15, 0.2) is 16.6 Å². The summed E-state index contributed by atoms with van der Waals surface area (Å²) >= 11 is 8.13. The third kappa shape index (κ3) is 3.24. The van der Waals surface area contributed by atoms with Gasteiger partial charge in [0.1, 0.15) is 0 Å². The maximum atomic E-state index is 11.9. The molecular weight excluding hydrogens is 318 g/mol. The molecule has 0 aliphatic heterocycles. The number of benzene rings is 1. The van der Waals surface area contributed by atoms with Crippen LogP contribution in [0, 0.1) is 10.1 Å². The van der Waals surface area contributed by atoms with Crippen LogP contribution in [0.1, 0.15) is 0 Å². The maximum absolute atomic E-state index is 11.9. The van der Waals surface area contributed by atoms with E-state index >= 15 is 0 Å². The molecule has 0 aromatic heterocycles. The first-order chi connectivity index (χ1) is 7.20. The van der Waals surface area contributed by atoms with E-state index in [9.17, 15) is 23.3 Å². The number of nitro groups is 1. The number of hydrogen-bond donors (Lipinski definition) is 0. The SMILES string of the molecule is O=[N+]([O-])c1cc(Cl)c(OC(F)(F)F)c(Br)c1. The molecule has 0 atom stereocenters. The minimum Gasteiger partial charge on any atom is -0.403 e. The average Bonchev–Trinajstić information content (AvgIpc) is 2.09. The van der Waals surface area contributed by atoms with E-state index in [4.69, 9.17) is 11.6 Å². The van der Waals surface area contributed by atoms with E-state index in [1.54, 1.807) is 0 Å². The largest absolute Gasteiger partial charge is 0.573 e. The van der Waals surface area contributed by atoms with E-state index in [0.717, 1.165) is 12.1 Å². The number of alkyl halides is 3. The van der Waals surface area contributed by atoms with E-state index < -0.39 is 27.7 Å². The van der Waals surface area contributed by atoms with Gasteiger partial charge in [-0.05, 0) is 15.9 Å². The summed E-state index contributed by atoms with van der Waals surface area (Å²) in [6.45, 7) is 0. The Morgan fingerprint density at radius 2 is 2.00 bits per heavy atom. The molecule has 0 N–H and O–H groups in total. The van der Waals surface area contributed by atoms with Crippen LogP contribution in [-0.2, 0) is 0 Å². The summed E-state index contributed by atoms with van der Waals surface area (Å²) < 4.78 is 39.1. The minimum absolute atomic E-state index is 0.246. The fraction of sp³-hybridized carbons (Fsp3) is 0.143. The van der Waals surface area contributed by atoms with E-state index in [2.05, 4.69) is 20.7 Å². The zero-order valence-electron chi connectivity index (χ0n) is 7.22. The quantitative estimate of drug-likeness (QED) is 0.613. The minimum atomic E-state index is -4.91. The van der Waals surface area contributed by atoms with Gasteiger partial charge >= 0.3 is 6.36 Å². The van der Waals surface area contributed by atoms with Crippen molar-refractivity contribution in [1.82, 2.24) is 0 Å². The molecule has 0 fully saturated rings. The van der Waals surface area contributed by atoms with Gasteiger partial charge in [-0.3, -0.25) is 10.1 Å². The molecule has 0 saturated carbocycles. The van der Waals surface area contributed by atoms with Gasteiger partial charge in [-0.2, -0.15) is 0 Å². The van der Waals surface area contributed by atoms with E-state index in [1.165, 1.54) is 0 Å². The molecule has 4 nitrogen and oxygen atoms in total. The number of nitrogens with zero attached hydrogens (tertiary/aromatic N) is 1. The zero-order chi connectivity index (χ0) is 12.5. The van der Waals surface area contributed by atoms with Gasteiger partial charge < -0.3 is 4.74 Å². The Morgan fingerprint density at radius 1 is 1.44 bits per heavy atom. The molecule has 1 rings (SSSR count). The van der Waals surface area contributed by atoms with Gasteiger partial charge in [-0.15, -0.1) is 13.2 Å². The molecule has 9 heteroatoms.